The van der Waals surface area contributed by atoms with E-state index in [1.807, 2.05) is 0 Å². The Bertz CT molecular complexity index is 958. The molecule has 0 saturated carbocycles. The molecular weight excluding hydrogens is 440 g/mol. The zero-order valence-corrected chi connectivity index (χ0v) is 18.1. The van der Waals surface area contributed by atoms with Gasteiger partial charge in [0.05, 0.1) is 23.7 Å². The molecule has 2 rings (SSSR count). The van der Waals surface area contributed by atoms with Crippen molar-refractivity contribution in [1.29, 1.82) is 0 Å². The normalized spacial score (nSPS) is 20.0. The molecule has 1 aliphatic heterocycles. The largest absolute Gasteiger partial charge is 0.462 e. The van der Waals surface area contributed by atoms with Gasteiger partial charge in [-0.3, -0.25) is 19.9 Å². The molecule has 33 heavy (non-hydrogen) atoms. The summed E-state index contributed by atoms with van der Waals surface area (Å²) in [6, 6.07) is 5.38. The maximum absolute atomic E-state index is 12.9. The molecule has 12 nitrogen and oxygen atoms in total. The van der Waals surface area contributed by atoms with Crippen molar-refractivity contribution in [2.45, 2.75) is 32.0 Å². The van der Waals surface area contributed by atoms with Crippen LogP contribution >= 0.6 is 0 Å². The molecule has 4 atom stereocenters. The third-order valence-electron chi connectivity index (χ3n) is 4.99. The maximum atomic E-state index is 12.9. The Hall–Kier alpha value is -3.19. The van der Waals surface area contributed by atoms with Crippen molar-refractivity contribution in [3.8, 4) is 0 Å². The van der Waals surface area contributed by atoms with Crippen LogP contribution in [0.25, 0.3) is 0 Å². The van der Waals surface area contributed by atoms with Crippen LogP contribution in [0.2, 0.25) is 0 Å². The molecule has 0 spiro atoms. The van der Waals surface area contributed by atoms with E-state index in [0.29, 0.717) is 0 Å². The quantitative estimate of drug-likeness (QED) is 0.205. The van der Waals surface area contributed by atoms with E-state index in [1.165, 1.54) is 38.1 Å². The van der Waals surface area contributed by atoms with Gasteiger partial charge in [0.15, 0.2) is 0 Å². The van der Waals surface area contributed by atoms with Crippen LogP contribution in [-0.2, 0) is 19.1 Å². The van der Waals surface area contributed by atoms with Crippen LogP contribution in [0.1, 0.15) is 25.3 Å². The summed E-state index contributed by atoms with van der Waals surface area (Å²) in [4.78, 5) is 40.8. The van der Waals surface area contributed by atoms with E-state index >= 15 is 0 Å². The number of nitro benzene ring substituents is 1. The van der Waals surface area contributed by atoms with Crippen LogP contribution in [0.15, 0.2) is 40.5 Å². The number of non-ortho nitro benzene ring substituents is 1. The number of nitrogens with zero attached hydrogens (tertiary/aromatic N) is 2. The fraction of sp³-hybridized carbons (Fsp3) is 0.476. The first-order valence-electron chi connectivity index (χ1n) is 10.0. The van der Waals surface area contributed by atoms with E-state index in [9.17, 15) is 29.9 Å². The van der Waals surface area contributed by atoms with Crippen LogP contribution in [0.4, 0.5) is 5.69 Å². The van der Waals surface area contributed by atoms with E-state index in [0.717, 1.165) is 0 Å². The first-order valence-corrected chi connectivity index (χ1v) is 10.0. The number of hydrogen-bond acceptors (Lipinski definition) is 11. The molecule has 0 bridgehead atoms. The summed E-state index contributed by atoms with van der Waals surface area (Å²) in [6.45, 7) is 0.728. The van der Waals surface area contributed by atoms with Crippen LogP contribution in [0.3, 0.4) is 0 Å². The van der Waals surface area contributed by atoms with Gasteiger partial charge < -0.3 is 29.9 Å². The van der Waals surface area contributed by atoms with Crippen molar-refractivity contribution >= 4 is 23.3 Å². The molecule has 1 heterocycles. The van der Waals surface area contributed by atoms with Crippen molar-refractivity contribution in [2.24, 2.45) is 10.9 Å². The van der Waals surface area contributed by atoms with E-state index in [-0.39, 0.29) is 28.2 Å². The second-order valence-corrected chi connectivity index (χ2v) is 7.46. The second kappa shape index (κ2) is 11.6. The van der Waals surface area contributed by atoms with Crippen LogP contribution < -0.4 is 0 Å². The molecule has 0 radical (unpaired) electrons. The smallest absolute Gasteiger partial charge is 0.336 e. The molecule has 0 amide bonds. The number of hydrogen-bond donors (Lipinski definition) is 4. The van der Waals surface area contributed by atoms with Gasteiger partial charge in [-0.1, -0.05) is 12.1 Å². The minimum Gasteiger partial charge on any atom is -0.462 e. The topological polar surface area (TPSA) is 189 Å². The predicted octanol–water partition coefficient (Wildman–Crippen LogP) is -0.164. The molecule has 0 fully saturated rings. The molecule has 12 heteroatoms. The Morgan fingerprint density at radius 3 is 2.30 bits per heavy atom. The summed E-state index contributed by atoms with van der Waals surface area (Å²) in [5.74, 6) is -4.07. The lowest BCUT2D eigenvalue weighted by atomic mass is 9.75. The van der Waals surface area contributed by atoms with Crippen LogP contribution in [0, 0.1) is 16.0 Å². The van der Waals surface area contributed by atoms with E-state index < -0.39 is 67.3 Å². The summed E-state index contributed by atoms with van der Waals surface area (Å²) < 4.78 is 10.2. The number of aliphatic hydroxyl groups excluding tert-OH is 4. The monoisotopic (exact) mass is 466 g/mol. The minimum absolute atomic E-state index is 0.0732. The summed E-state index contributed by atoms with van der Waals surface area (Å²) in [5, 5.41) is 48.3. The average Bonchev–Trinajstić information content (AvgIpc) is 2.79. The van der Waals surface area contributed by atoms with Crippen molar-refractivity contribution < 1.29 is 44.4 Å². The summed E-state index contributed by atoms with van der Waals surface area (Å²) in [5.41, 5.74) is 0.371. The van der Waals surface area contributed by atoms with Crippen LogP contribution in [-0.4, -0.2) is 81.6 Å². The van der Waals surface area contributed by atoms with Crippen molar-refractivity contribution in [2.75, 3.05) is 26.4 Å². The maximum Gasteiger partial charge on any atom is 0.336 e. The fourth-order valence-corrected chi connectivity index (χ4v) is 3.42. The van der Waals surface area contributed by atoms with Crippen molar-refractivity contribution in [1.82, 2.24) is 0 Å². The van der Waals surface area contributed by atoms with E-state index in [4.69, 9.17) is 19.7 Å². The Balaban J connectivity index is 2.54. The zero-order chi connectivity index (χ0) is 24.7. The number of benzene rings is 1. The lowest BCUT2D eigenvalue weighted by molar-refractivity contribution is -0.384. The van der Waals surface area contributed by atoms with Crippen molar-refractivity contribution in [3.63, 3.8) is 0 Å². The van der Waals surface area contributed by atoms with Gasteiger partial charge in [-0.25, -0.2) is 4.79 Å². The molecule has 1 aromatic carbocycles. The zero-order valence-electron chi connectivity index (χ0n) is 18.1. The number of allylic oxidation sites excluding steroid dienone is 1. The van der Waals surface area contributed by atoms with Gasteiger partial charge in [0, 0.05) is 29.5 Å². The highest BCUT2D eigenvalue weighted by molar-refractivity contribution is 6.07. The van der Waals surface area contributed by atoms with Gasteiger partial charge >= 0.3 is 11.9 Å². The number of nitro groups is 1. The number of aliphatic hydroxyl groups is 4. The highest BCUT2D eigenvalue weighted by Gasteiger charge is 2.43. The molecule has 1 aromatic rings. The molecule has 0 aromatic heterocycles. The lowest BCUT2D eigenvalue weighted by Gasteiger charge is -2.31. The lowest BCUT2D eigenvalue weighted by Crippen LogP contribution is -2.38. The summed E-state index contributed by atoms with van der Waals surface area (Å²) >= 11 is 0. The van der Waals surface area contributed by atoms with Gasteiger partial charge in [-0.2, -0.15) is 0 Å². The predicted molar refractivity (Wildman–Crippen MR) is 113 cm³/mol. The van der Waals surface area contributed by atoms with E-state index in [2.05, 4.69) is 4.99 Å². The summed E-state index contributed by atoms with van der Waals surface area (Å²) in [7, 11) is 0. The summed E-state index contributed by atoms with van der Waals surface area (Å²) in [6.07, 6.45) is -2.63. The number of ether oxygens (including phenoxy) is 2. The van der Waals surface area contributed by atoms with Gasteiger partial charge in [0.1, 0.15) is 31.3 Å². The standard InChI is InChI=1S/C21H26N2O10/c1-11-17(20(28)32-9-15(26)7-24)19(13-4-3-5-14(6-13)23(30)31)18(12(2)22-11)21(29)33-10-16(27)8-25/h3-6,15-17,19,24-27H,7-10H2,1-2H3. The van der Waals surface area contributed by atoms with Crippen LogP contribution in [0.5, 0.6) is 0 Å². The third-order valence-corrected chi connectivity index (χ3v) is 4.99. The number of carbonyl (C=O) groups excluding carboxylic acids is 2. The number of rotatable bonds is 10. The van der Waals surface area contributed by atoms with Gasteiger partial charge in [0.25, 0.3) is 5.69 Å². The number of carbonyl (C=O) groups is 2. The van der Waals surface area contributed by atoms with Gasteiger partial charge in [0.2, 0.25) is 0 Å². The number of aliphatic imine (C=N–C) groups is 1. The minimum atomic E-state index is -1.32. The Kier molecular flexibility index (Phi) is 9.17. The molecule has 4 N–H and O–H groups in total. The molecule has 1 aliphatic rings. The van der Waals surface area contributed by atoms with Crippen molar-refractivity contribution in [3.05, 3.63) is 51.2 Å². The fourth-order valence-electron chi connectivity index (χ4n) is 3.42. The first kappa shape index (κ1) is 26.1. The highest BCUT2D eigenvalue weighted by atomic mass is 16.6. The number of esters is 2. The Morgan fingerprint density at radius 1 is 1.12 bits per heavy atom. The molecule has 4 unspecified atom stereocenters. The van der Waals surface area contributed by atoms with E-state index in [1.54, 1.807) is 0 Å². The Morgan fingerprint density at radius 2 is 1.73 bits per heavy atom. The third kappa shape index (κ3) is 6.42. The first-order chi connectivity index (χ1) is 15.6. The molecule has 180 valence electrons. The van der Waals surface area contributed by atoms with Gasteiger partial charge in [-0.05, 0) is 19.4 Å². The highest BCUT2D eigenvalue weighted by Crippen LogP contribution is 2.41. The molecule has 0 saturated heterocycles. The average molecular weight is 466 g/mol. The molecule has 0 aliphatic carbocycles. The second-order valence-electron chi connectivity index (χ2n) is 7.46. The van der Waals surface area contributed by atoms with Gasteiger partial charge in [-0.15, -0.1) is 0 Å². The molecular formula is C21H26N2O10. The Labute approximate surface area is 188 Å². The SMILES string of the molecule is CC1=NC(C)=C(C(=O)OCC(O)CO)C(c2cccc([N+](=O)[O-])c2)C1C(=O)OCC(O)CO.